The second-order valence-corrected chi connectivity index (χ2v) is 4.42. The third-order valence-electron chi connectivity index (χ3n) is 3.25. The lowest BCUT2D eigenvalue weighted by Crippen LogP contribution is -2.37. The molecule has 106 valence electrons. The molecule has 1 aliphatic rings. The molecule has 0 unspecified atom stereocenters. The van der Waals surface area contributed by atoms with Gasteiger partial charge in [-0.1, -0.05) is 30.3 Å². The van der Waals surface area contributed by atoms with E-state index in [2.05, 4.69) is 0 Å². The molecule has 1 saturated heterocycles. The standard InChI is InChI=1S/C14H20O5/c1-16-12-11(8-15)19-14(13(12)17-2)18-9-10-6-4-3-5-7-10/h3-7,11-15H,8-9H2,1-2H3/t11-,12+,13-,14+/m1/s1. The summed E-state index contributed by atoms with van der Waals surface area (Å²) in [6.45, 7) is 0.309. The van der Waals surface area contributed by atoms with Gasteiger partial charge in [-0.15, -0.1) is 0 Å². The number of ether oxygens (including phenoxy) is 4. The molecule has 0 spiro atoms. The van der Waals surface area contributed by atoms with Crippen molar-refractivity contribution in [1.29, 1.82) is 0 Å². The third-order valence-corrected chi connectivity index (χ3v) is 3.25. The van der Waals surface area contributed by atoms with Crippen LogP contribution in [0.25, 0.3) is 0 Å². The minimum absolute atomic E-state index is 0.121. The van der Waals surface area contributed by atoms with Gasteiger partial charge >= 0.3 is 0 Å². The average molecular weight is 268 g/mol. The fourth-order valence-corrected chi connectivity index (χ4v) is 2.26. The summed E-state index contributed by atoms with van der Waals surface area (Å²) in [5.74, 6) is 0. The van der Waals surface area contributed by atoms with Crippen LogP contribution in [0, 0.1) is 0 Å². The molecule has 0 radical (unpaired) electrons. The molecule has 1 fully saturated rings. The normalized spacial score (nSPS) is 30.7. The highest BCUT2D eigenvalue weighted by Gasteiger charge is 2.45. The van der Waals surface area contributed by atoms with Gasteiger partial charge in [0.25, 0.3) is 0 Å². The zero-order chi connectivity index (χ0) is 13.7. The molecule has 1 aliphatic heterocycles. The molecule has 0 bridgehead atoms. The van der Waals surface area contributed by atoms with Crippen LogP contribution in [0.5, 0.6) is 0 Å². The Morgan fingerprint density at radius 1 is 1.11 bits per heavy atom. The summed E-state index contributed by atoms with van der Waals surface area (Å²) in [7, 11) is 3.15. The minimum Gasteiger partial charge on any atom is -0.394 e. The molecule has 1 aromatic rings. The van der Waals surface area contributed by atoms with E-state index in [0.717, 1.165) is 5.56 Å². The van der Waals surface area contributed by atoms with Crippen molar-refractivity contribution in [2.75, 3.05) is 20.8 Å². The van der Waals surface area contributed by atoms with Crippen LogP contribution in [-0.2, 0) is 25.6 Å². The second kappa shape index (κ2) is 6.98. The Kier molecular flexibility index (Phi) is 5.30. The van der Waals surface area contributed by atoms with Crippen molar-refractivity contribution in [2.45, 2.75) is 31.2 Å². The van der Waals surface area contributed by atoms with Gasteiger partial charge in [-0.2, -0.15) is 0 Å². The zero-order valence-electron chi connectivity index (χ0n) is 11.2. The maximum atomic E-state index is 9.27. The number of methoxy groups -OCH3 is 2. The average Bonchev–Trinajstić information content (AvgIpc) is 2.82. The SMILES string of the molecule is CO[C@@H]1[C@@H](OC)[C@@H](OCc2ccccc2)O[C@@H]1CO. The van der Waals surface area contributed by atoms with Crippen molar-refractivity contribution in [3.8, 4) is 0 Å². The number of hydrogen-bond acceptors (Lipinski definition) is 5. The van der Waals surface area contributed by atoms with E-state index in [-0.39, 0.29) is 18.8 Å². The minimum atomic E-state index is -0.535. The fraction of sp³-hybridized carbons (Fsp3) is 0.571. The van der Waals surface area contributed by atoms with Crippen molar-refractivity contribution in [3.63, 3.8) is 0 Å². The zero-order valence-corrected chi connectivity index (χ0v) is 11.2. The molecule has 0 saturated carbocycles. The molecule has 4 atom stereocenters. The van der Waals surface area contributed by atoms with Gasteiger partial charge in [0.2, 0.25) is 0 Å². The van der Waals surface area contributed by atoms with E-state index in [1.165, 1.54) is 0 Å². The molecule has 1 N–H and O–H groups in total. The Bertz CT molecular complexity index is 369. The van der Waals surface area contributed by atoms with E-state index in [9.17, 15) is 5.11 Å². The Balaban J connectivity index is 1.96. The first-order chi connectivity index (χ1) is 9.30. The quantitative estimate of drug-likeness (QED) is 0.832. The molecular formula is C14H20O5. The smallest absolute Gasteiger partial charge is 0.187 e. The predicted molar refractivity (Wildman–Crippen MR) is 68.6 cm³/mol. The highest BCUT2D eigenvalue weighted by Crippen LogP contribution is 2.27. The largest absolute Gasteiger partial charge is 0.394 e. The number of hydrogen-bond donors (Lipinski definition) is 1. The predicted octanol–water partition coefficient (Wildman–Crippen LogP) is 0.950. The molecule has 5 nitrogen and oxygen atoms in total. The van der Waals surface area contributed by atoms with Gasteiger partial charge < -0.3 is 24.1 Å². The van der Waals surface area contributed by atoms with Crippen LogP contribution in [-0.4, -0.2) is 50.5 Å². The van der Waals surface area contributed by atoms with Crippen LogP contribution in [0.1, 0.15) is 5.56 Å². The van der Waals surface area contributed by atoms with Gasteiger partial charge in [0.05, 0.1) is 13.2 Å². The molecule has 1 aromatic carbocycles. The fourth-order valence-electron chi connectivity index (χ4n) is 2.26. The van der Waals surface area contributed by atoms with Gasteiger partial charge in [0.1, 0.15) is 18.3 Å². The number of benzene rings is 1. The lowest BCUT2D eigenvalue weighted by molar-refractivity contribution is -0.181. The van der Waals surface area contributed by atoms with Crippen LogP contribution < -0.4 is 0 Å². The van der Waals surface area contributed by atoms with Crippen LogP contribution >= 0.6 is 0 Å². The first-order valence-electron chi connectivity index (χ1n) is 6.27. The molecule has 1 heterocycles. The Morgan fingerprint density at radius 3 is 2.37 bits per heavy atom. The number of aliphatic hydroxyl groups excluding tert-OH is 1. The monoisotopic (exact) mass is 268 g/mol. The Labute approximate surface area is 113 Å². The van der Waals surface area contributed by atoms with Crippen molar-refractivity contribution in [1.82, 2.24) is 0 Å². The first kappa shape index (κ1) is 14.4. The molecule has 0 aliphatic carbocycles. The number of rotatable bonds is 6. The molecule has 2 rings (SSSR count). The van der Waals surface area contributed by atoms with Gasteiger partial charge in [0, 0.05) is 14.2 Å². The summed E-state index contributed by atoms with van der Waals surface area (Å²) in [6, 6.07) is 9.82. The van der Waals surface area contributed by atoms with Crippen LogP contribution in [0.3, 0.4) is 0 Å². The van der Waals surface area contributed by atoms with Crippen molar-refractivity contribution in [2.24, 2.45) is 0 Å². The third kappa shape index (κ3) is 3.32. The van der Waals surface area contributed by atoms with E-state index in [1.807, 2.05) is 30.3 Å². The first-order valence-corrected chi connectivity index (χ1v) is 6.27. The van der Waals surface area contributed by atoms with Crippen LogP contribution in [0.15, 0.2) is 30.3 Å². The van der Waals surface area contributed by atoms with E-state index >= 15 is 0 Å². The summed E-state index contributed by atoms with van der Waals surface area (Å²) < 4.78 is 22.0. The van der Waals surface area contributed by atoms with Gasteiger partial charge in [0.15, 0.2) is 6.29 Å². The summed E-state index contributed by atoms with van der Waals surface area (Å²) in [5, 5.41) is 9.27. The van der Waals surface area contributed by atoms with Gasteiger partial charge in [-0.25, -0.2) is 0 Å². The highest BCUT2D eigenvalue weighted by molar-refractivity contribution is 5.13. The summed E-state index contributed by atoms with van der Waals surface area (Å²) in [6.07, 6.45) is -1.62. The van der Waals surface area contributed by atoms with E-state index in [0.29, 0.717) is 6.61 Å². The maximum absolute atomic E-state index is 9.27. The summed E-state index contributed by atoms with van der Waals surface area (Å²) in [4.78, 5) is 0. The maximum Gasteiger partial charge on any atom is 0.187 e. The van der Waals surface area contributed by atoms with E-state index in [1.54, 1.807) is 14.2 Å². The van der Waals surface area contributed by atoms with Crippen LogP contribution in [0.2, 0.25) is 0 Å². The van der Waals surface area contributed by atoms with Crippen LogP contribution in [0.4, 0.5) is 0 Å². The van der Waals surface area contributed by atoms with Crippen molar-refractivity contribution in [3.05, 3.63) is 35.9 Å². The molecular weight excluding hydrogens is 248 g/mol. The van der Waals surface area contributed by atoms with E-state index in [4.69, 9.17) is 18.9 Å². The Hall–Kier alpha value is -0.980. The van der Waals surface area contributed by atoms with Gasteiger partial charge in [-0.3, -0.25) is 0 Å². The lowest BCUT2D eigenvalue weighted by Gasteiger charge is -2.21. The molecule has 5 heteroatoms. The molecule has 19 heavy (non-hydrogen) atoms. The van der Waals surface area contributed by atoms with Crippen molar-refractivity contribution < 1.29 is 24.1 Å². The van der Waals surface area contributed by atoms with Crippen molar-refractivity contribution >= 4 is 0 Å². The molecule has 0 aromatic heterocycles. The highest BCUT2D eigenvalue weighted by atomic mass is 16.7. The summed E-state index contributed by atoms with van der Waals surface area (Å²) >= 11 is 0. The second-order valence-electron chi connectivity index (χ2n) is 4.42. The summed E-state index contributed by atoms with van der Waals surface area (Å²) in [5.41, 5.74) is 1.06. The topological polar surface area (TPSA) is 57.2 Å². The van der Waals surface area contributed by atoms with E-state index < -0.39 is 12.4 Å². The lowest BCUT2D eigenvalue weighted by atomic mass is 10.1. The molecule has 0 amide bonds. The number of aliphatic hydroxyl groups is 1. The Morgan fingerprint density at radius 2 is 1.79 bits per heavy atom. The van der Waals surface area contributed by atoms with Gasteiger partial charge in [-0.05, 0) is 5.56 Å².